The van der Waals surface area contributed by atoms with Crippen molar-refractivity contribution in [1.29, 1.82) is 0 Å². The summed E-state index contributed by atoms with van der Waals surface area (Å²) in [5.74, 6) is -4.63. The van der Waals surface area contributed by atoms with Crippen molar-refractivity contribution in [1.82, 2.24) is 9.47 Å². The second-order valence-electron chi connectivity index (χ2n) is 13.5. The summed E-state index contributed by atoms with van der Waals surface area (Å²) in [6, 6.07) is 14.5. The quantitative estimate of drug-likeness (QED) is 0.158. The Balaban J connectivity index is 1.04. The molecule has 14 heteroatoms. The van der Waals surface area contributed by atoms with Crippen molar-refractivity contribution >= 4 is 28.5 Å². The van der Waals surface area contributed by atoms with Crippen molar-refractivity contribution in [3.8, 4) is 16.9 Å². The molecule has 0 spiro atoms. The number of carboxylic acid groups (broad SMARTS) is 1. The number of fused-ring (bicyclic) bond motifs is 1. The molecule has 1 aliphatic carbocycles. The van der Waals surface area contributed by atoms with Crippen LogP contribution in [0.4, 0.5) is 14.5 Å². The second-order valence-corrected chi connectivity index (χ2v) is 13.5. The average molecular weight is 730 g/mol. The summed E-state index contributed by atoms with van der Waals surface area (Å²) in [7, 11) is 1.39. The second kappa shape index (κ2) is 14.3. The standard InChI is InChI=1S/C39H37F2N3O9/c1-21-17-43(34-30(41)16-27-33(36(34)50-3)44(25-10-11-25)18-28(35(27)45)37(46)47)14-13-42(21)19-31-32(53-39(49)52-31)20-51-38(48)22(2)24-9-12-26(29(40)15-24)23-7-5-4-6-8-23/h4-9,12,15-16,18,21-22,25H,10-11,13-14,17,19-20H2,1-3H3,(H,46,47). The minimum absolute atomic E-state index is 0.0325. The van der Waals surface area contributed by atoms with E-state index < -0.39 is 46.3 Å². The van der Waals surface area contributed by atoms with E-state index in [-0.39, 0.29) is 53.6 Å². The number of esters is 1. The van der Waals surface area contributed by atoms with Gasteiger partial charge >= 0.3 is 17.8 Å². The van der Waals surface area contributed by atoms with Gasteiger partial charge in [-0.05, 0) is 49.9 Å². The van der Waals surface area contributed by atoms with Crippen molar-refractivity contribution < 1.29 is 41.8 Å². The first kappa shape index (κ1) is 35.6. The van der Waals surface area contributed by atoms with Gasteiger partial charge in [-0.25, -0.2) is 18.4 Å². The maximum absolute atomic E-state index is 15.9. The molecule has 1 saturated carbocycles. The van der Waals surface area contributed by atoms with Gasteiger partial charge in [0.05, 0.1) is 30.5 Å². The lowest BCUT2D eigenvalue weighted by atomic mass is 9.97. The molecule has 3 heterocycles. The highest BCUT2D eigenvalue weighted by Gasteiger charge is 2.34. The number of ether oxygens (including phenoxy) is 2. The van der Waals surface area contributed by atoms with Crippen LogP contribution in [0.5, 0.6) is 5.75 Å². The highest BCUT2D eigenvalue weighted by molar-refractivity contribution is 5.97. The first-order chi connectivity index (χ1) is 25.4. The Hall–Kier alpha value is -5.76. The lowest BCUT2D eigenvalue weighted by Crippen LogP contribution is -2.51. The molecular formula is C39H37F2N3O9. The van der Waals surface area contributed by atoms with Gasteiger partial charge in [-0.1, -0.05) is 42.5 Å². The summed E-state index contributed by atoms with van der Waals surface area (Å²) in [5.41, 5.74) is 0.840. The number of hydrogen-bond donors (Lipinski definition) is 1. The number of nitrogens with zero attached hydrogens (tertiary/aromatic N) is 3. The van der Waals surface area contributed by atoms with E-state index in [0.717, 1.165) is 18.9 Å². The molecule has 276 valence electrons. The van der Waals surface area contributed by atoms with E-state index in [1.165, 1.54) is 19.4 Å². The molecule has 2 fully saturated rings. The zero-order chi connectivity index (χ0) is 37.6. The summed E-state index contributed by atoms with van der Waals surface area (Å²) in [5, 5.41) is 9.57. The van der Waals surface area contributed by atoms with Gasteiger partial charge in [0.1, 0.15) is 17.1 Å². The Labute approximate surface area is 301 Å². The smallest absolute Gasteiger partial charge is 0.492 e. The molecule has 3 aromatic carbocycles. The van der Waals surface area contributed by atoms with Crippen LogP contribution < -0.4 is 20.9 Å². The van der Waals surface area contributed by atoms with Gasteiger partial charge in [-0.2, -0.15) is 0 Å². The number of pyridine rings is 1. The lowest BCUT2D eigenvalue weighted by molar-refractivity contribution is -0.147. The van der Waals surface area contributed by atoms with Gasteiger partial charge in [-0.15, -0.1) is 0 Å². The highest BCUT2D eigenvalue weighted by Crippen LogP contribution is 2.44. The van der Waals surface area contributed by atoms with Gasteiger partial charge in [0, 0.05) is 43.5 Å². The fourth-order valence-electron chi connectivity index (χ4n) is 6.96. The molecule has 0 amide bonds. The van der Waals surface area contributed by atoms with Crippen LogP contribution in [0, 0.1) is 11.6 Å². The third kappa shape index (κ3) is 6.93. The maximum Gasteiger partial charge on any atom is 0.519 e. The van der Waals surface area contributed by atoms with Crippen LogP contribution >= 0.6 is 0 Å². The number of piperazine rings is 1. The van der Waals surface area contributed by atoms with Crippen LogP contribution in [0.2, 0.25) is 0 Å². The topological polar surface area (TPSA) is 145 Å². The molecule has 1 saturated heterocycles. The maximum atomic E-state index is 15.9. The lowest BCUT2D eigenvalue weighted by Gasteiger charge is -2.41. The van der Waals surface area contributed by atoms with E-state index in [4.69, 9.17) is 18.3 Å². The van der Waals surface area contributed by atoms with Crippen LogP contribution in [-0.4, -0.2) is 59.3 Å². The Kier molecular flexibility index (Phi) is 9.64. The first-order valence-electron chi connectivity index (χ1n) is 17.3. The van der Waals surface area contributed by atoms with Crippen molar-refractivity contribution in [2.24, 2.45) is 0 Å². The normalized spacial score (nSPS) is 16.8. The number of aromatic nitrogens is 1. The van der Waals surface area contributed by atoms with Crippen molar-refractivity contribution in [2.75, 3.05) is 31.6 Å². The molecular weight excluding hydrogens is 692 g/mol. The predicted molar refractivity (Wildman–Crippen MR) is 189 cm³/mol. The van der Waals surface area contributed by atoms with Gasteiger partial charge in [0.25, 0.3) is 0 Å². The fourth-order valence-corrected chi connectivity index (χ4v) is 6.96. The third-order valence-corrected chi connectivity index (χ3v) is 10.0. The average Bonchev–Trinajstić information content (AvgIpc) is 3.93. The summed E-state index contributed by atoms with van der Waals surface area (Å²) in [4.78, 5) is 53.9. The monoisotopic (exact) mass is 729 g/mol. The first-order valence-corrected chi connectivity index (χ1v) is 17.3. The molecule has 5 aromatic rings. The number of carbonyl (C=O) groups excluding carboxylic acids is 1. The van der Waals surface area contributed by atoms with Crippen LogP contribution in [0.25, 0.3) is 22.0 Å². The van der Waals surface area contributed by atoms with Crippen molar-refractivity contribution in [3.63, 3.8) is 0 Å². The SMILES string of the molecule is COc1c(N2CCN(Cc3oc(=O)oc3COC(=O)C(C)c3ccc(-c4ccccc4)c(F)c3)C(C)C2)c(F)cc2c(=O)c(C(=O)O)cn(C3CC3)c12. The molecule has 0 bridgehead atoms. The molecule has 1 N–H and O–H groups in total. The molecule has 7 rings (SSSR count). The van der Waals surface area contributed by atoms with Crippen LogP contribution in [-0.2, 0) is 22.7 Å². The Morgan fingerprint density at radius 3 is 2.40 bits per heavy atom. The van der Waals surface area contributed by atoms with Crippen molar-refractivity contribution in [2.45, 2.75) is 57.8 Å². The largest absolute Gasteiger partial charge is 0.519 e. The number of methoxy groups -OCH3 is 1. The molecule has 2 aliphatic rings. The van der Waals surface area contributed by atoms with Crippen LogP contribution in [0.1, 0.15) is 66.1 Å². The molecule has 2 atom stereocenters. The van der Waals surface area contributed by atoms with E-state index in [1.54, 1.807) is 35.8 Å². The van der Waals surface area contributed by atoms with E-state index in [9.17, 15) is 28.7 Å². The molecule has 12 nitrogen and oxygen atoms in total. The number of rotatable bonds is 11. The van der Waals surface area contributed by atoms with Crippen LogP contribution in [0.15, 0.2) is 79.2 Å². The number of benzene rings is 3. The molecule has 2 unspecified atom stereocenters. The Morgan fingerprint density at radius 1 is 1.00 bits per heavy atom. The highest BCUT2D eigenvalue weighted by atomic mass is 19.1. The van der Waals surface area contributed by atoms with E-state index in [0.29, 0.717) is 41.8 Å². The van der Waals surface area contributed by atoms with Crippen molar-refractivity contribution in [3.05, 3.63) is 116 Å². The fraction of sp³-hybridized carbons (Fsp3) is 0.333. The number of hydrogen-bond acceptors (Lipinski definition) is 10. The molecule has 53 heavy (non-hydrogen) atoms. The Bertz CT molecular complexity index is 2330. The number of carbonyl (C=O) groups is 2. The summed E-state index contributed by atoms with van der Waals surface area (Å²) >= 11 is 0. The van der Waals surface area contributed by atoms with E-state index >= 15 is 4.39 Å². The number of halogens is 2. The Morgan fingerprint density at radius 2 is 1.74 bits per heavy atom. The van der Waals surface area contributed by atoms with E-state index in [2.05, 4.69) is 0 Å². The van der Waals surface area contributed by atoms with Gasteiger partial charge < -0.3 is 32.9 Å². The molecule has 2 aromatic heterocycles. The minimum Gasteiger partial charge on any atom is -0.492 e. The van der Waals surface area contributed by atoms with Gasteiger partial charge in [0.15, 0.2) is 29.7 Å². The van der Waals surface area contributed by atoms with Gasteiger partial charge in [0.2, 0.25) is 5.43 Å². The zero-order valence-corrected chi connectivity index (χ0v) is 29.3. The molecule has 0 radical (unpaired) electrons. The zero-order valence-electron chi connectivity index (χ0n) is 29.3. The number of aromatic carboxylic acids is 1. The number of anilines is 1. The summed E-state index contributed by atoms with van der Waals surface area (Å²) in [6.45, 7) is 4.31. The van der Waals surface area contributed by atoms with Gasteiger partial charge in [-0.3, -0.25) is 14.5 Å². The number of carboxylic acids is 1. The van der Waals surface area contributed by atoms with Crippen LogP contribution in [0.3, 0.4) is 0 Å². The third-order valence-electron chi connectivity index (χ3n) is 10.0. The summed E-state index contributed by atoms with van der Waals surface area (Å²) in [6.07, 6.45) is 2.89. The molecule has 1 aliphatic heterocycles. The predicted octanol–water partition coefficient (Wildman–Crippen LogP) is 6.09. The minimum atomic E-state index is -1.38. The summed E-state index contributed by atoms with van der Waals surface area (Å²) < 4.78 is 54.4. The van der Waals surface area contributed by atoms with E-state index in [1.807, 2.05) is 34.9 Å².